The second-order valence-corrected chi connectivity index (χ2v) is 6.97. The van der Waals surface area contributed by atoms with Crippen molar-refractivity contribution in [2.75, 3.05) is 23.8 Å². The Bertz CT molecular complexity index is 396. The first kappa shape index (κ1) is 17.1. The van der Waals surface area contributed by atoms with Crippen molar-refractivity contribution in [3.8, 4) is 12.3 Å². The molecule has 112 valence electrons. The number of hydrogen-bond donors (Lipinski definition) is 2. The highest BCUT2D eigenvalue weighted by atomic mass is 32.2. The molecule has 1 fully saturated rings. The van der Waals surface area contributed by atoms with Crippen molar-refractivity contribution in [3.63, 3.8) is 0 Å². The second kappa shape index (κ2) is 8.32. The molecule has 0 radical (unpaired) electrons. The molecule has 0 aromatic rings. The molecule has 1 aliphatic heterocycles. The summed E-state index contributed by atoms with van der Waals surface area (Å²) in [5.41, 5.74) is 0. The van der Waals surface area contributed by atoms with Gasteiger partial charge in [0.15, 0.2) is 0 Å². The molecule has 1 heterocycles. The fraction of sp³-hybridized carbons (Fsp3) is 0.692. The van der Waals surface area contributed by atoms with Gasteiger partial charge in [-0.1, -0.05) is 19.8 Å². The number of carbonyl (C=O) groups is 2. The molecule has 0 saturated carbocycles. The van der Waals surface area contributed by atoms with Gasteiger partial charge in [-0.3, -0.25) is 4.90 Å². The molecule has 0 bridgehead atoms. The highest BCUT2D eigenvalue weighted by molar-refractivity contribution is 8.00. The first-order valence-corrected chi connectivity index (χ1v) is 8.61. The van der Waals surface area contributed by atoms with Crippen molar-refractivity contribution in [1.29, 1.82) is 0 Å². The number of carbonyl (C=O) groups excluding carboxylic acids is 1. The average Bonchev–Trinajstić information content (AvgIpc) is 2.83. The van der Waals surface area contributed by atoms with Gasteiger partial charge in [-0.25, -0.2) is 9.59 Å². The molecule has 20 heavy (non-hydrogen) atoms. The van der Waals surface area contributed by atoms with Crippen LogP contribution < -0.4 is 5.32 Å². The summed E-state index contributed by atoms with van der Waals surface area (Å²) in [5, 5.41) is 11.9. The largest absolute Gasteiger partial charge is 0.480 e. The smallest absolute Gasteiger partial charge is 0.327 e. The molecular formula is C13H20N2O3S2. The number of terminal acetylenes is 1. The number of aliphatic carboxylic acids is 1. The van der Waals surface area contributed by atoms with Crippen LogP contribution in [-0.4, -0.2) is 57.2 Å². The maximum Gasteiger partial charge on any atom is 0.327 e. The third-order valence-corrected chi connectivity index (χ3v) is 5.32. The molecule has 2 unspecified atom stereocenters. The second-order valence-electron chi connectivity index (χ2n) is 4.72. The summed E-state index contributed by atoms with van der Waals surface area (Å²) < 4.78 is 0. The molecule has 1 saturated heterocycles. The van der Waals surface area contributed by atoms with E-state index < -0.39 is 12.0 Å². The van der Waals surface area contributed by atoms with Gasteiger partial charge in [-0.05, 0) is 5.92 Å². The maximum atomic E-state index is 12.2. The lowest BCUT2D eigenvalue weighted by atomic mass is 10.2. The van der Waals surface area contributed by atoms with Gasteiger partial charge in [-0.15, -0.1) is 29.9 Å². The van der Waals surface area contributed by atoms with E-state index in [0.717, 1.165) is 5.75 Å². The highest BCUT2D eigenvalue weighted by Crippen LogP contribution is 2.33. The van der Waals surface area contributed by atoms with Crippen LogP contribution in [0.2, 0.25) is 0 Å². The Kier molecular flexibility index (Phi) is 7.10. The summed E-state index contributed by atoms with van der Waals surface area (Å²) in [6.07, 6.45) is 5.14. The van der Waals surface area contributed by atoms with E-state index in [-0.39, 0.29) is 17.3 Å². The number of carboxylic acids is 1. The molecule has 2 N–H and O–H groups in total. The monoisotopic (exact) mass is 316 g/mol. The van der Waals surface area contributed by atoms with Gasteiger partial charge < -0.3 is 10.4 Å². The predicted molar refractivity (Wildman–Crippen MR) is 83.9 cm³/mol. The minimum absolute atomic E-state index is 0.0885. The number of amides is 2. The molecule has 0 aromatic carbocycles. The minimum Gasteiger partial charge on any atom is -0.480 e. The number of carboxylic acid groups (broad SMARTS) is 1. The lowest BCUT2D eigenvalue weighted by Gasteiger charge is -2.29. The molecule has 0 aromatic heterocycles. The number of rotatable bonds is 6. The summed E-state index contributed by atoms with van der Waals surface area (Å²) in [6.45, 7) is 4.47. The first-order chi connectivity index (χ1) is 9.49. The van der Waals surface area contributed by atoms with Gasteiger partial charge in [0.05, 0.1) is 11.1 Å². The molecule has 1 rings (SSSR count). The Morgan fingerprint density at radius 2 is 2.30 bits per heavy atom. The van der Waals surface area contributed by atoms with E-state index in [1.54, 1.807) is 11.8 Å². The third kappa shape index (κ3) is 4.53. The summed E-state index contributed by atoms with van der Waals surface area (Å²) in [4.78, 5) is 24.9. The SMILES string of the molecule is C#CCSCCNC(=O)N1C(C(=O)O)CSC1C(C)C. The zero-order chi connectivity index (χ0) is 15.1. The topological polar surface area (TPSA) is 69.6 Å². The van der Waals surface area contributed by atoms with Gasteiger partial charge in [-0.2, -0.15) is 0 Å². The maximum absolute atomic E-state index is 12.2. The van der Waals surface area contributed by atoms with Crippen molar-refractivity contribution in [1.82, 2.24) is 10.2 Å². The average molecular weight is 316 g/mol. The molecular weight excluding hydrogens is 296 g/mol. The zero-order valence-corrected chi connectivity index (χ0v) is 13.3. The minimum atomic E-state index is -0.947. The molecule has 2 atom stereocenters. The summed E-state index contributed by atoms with van der Waals surface area (Å²) in [6, 6.07) is -1.05. The lowest BCUT2D eigenvalue weighted by molar-refractivity contribution is -0.141. The van der Waals surface area contributed by atoms with Crippen LogP contribution in [0.3, 0.4) is 0 Å². The van der Waals surface area contributed by atoms with Crippen molar-refractivity contribution in [2.24, 2.45) is 5.92 Å². The zero-order valence-electron chi connectivity index (χ0n) is 11.7. The number of nitrogens with zero attached hydrogens (tertiary/aromatic N) is 1. The fourth-order valence-electron chi connectivity index (χ4n) is 1.94. The standard InChI is InChI=1S/C13H20N2O3S2/c1-4-6-19-7-5-14-13(18)15-10(12(16)17)8-20-11(15)9(2)3/h1,9-11H,5-8H2,2-3H3,(H,14,18)(H,16,17). The van der Waals surface area contributed by atoms with Crippen LogP contribution in [0, 0.1) is 18.3 Å². The number of urea groups is 1. The van der Waals surface area contributed by atoms with Crippen LogP contribution in [0.5, 0.6) is 0 Å². The van der Waals surface area contributed by atoms with Crippen molar-refractivity contribution < 1.29 is 14.7 Å². The van der Waals surface area contributed by atoms with E-state index in [0.29, 0.717) is 18.1 Å². The van der Waals surface area contributed by atoms with Crippen LogP contribution >= 0.6 is 23.5 Å². The van der Waals surface area contributed by atoms with Crippen molar-refractivity contribution >= 4 is 35.5 Å². The third-order valence-electron chi connectivity index (χ3n) is 2.83. The summed E-state index contributed by atoms with van der Waals surface area (Å²) in [7, 11) is 0. The lowest BCUT2D eigenvalue weighted by Crippen LogP contribution is -2.51. The van der Waals surface area contributed by atoms with Gasteiger partial charge >= 0.3 is 12.0 Å². The van der Waals surface area contributed by atoms with Crippen LogP contribution in [0.15, 0.2) is 0 Å². The Morgan fingerprint density at radius 1 is 1.60 bits per heavy atom. The number of nitrogens with one attached hydrogen (secondary N) is 1. The molecule has 2 amide bonds. The highest BCUT2D eigenvalue weighted by Gasteiger charge is 2.42. The predicted octanol–water partition coefficient (Wildman–Crippen LogP) is 1.55. The van der Waals surface area contributed by atoms with Crippen molar-refractivity contribution in [2.45, 2.75) is 25.3 Å². The summed E-state index contributed by atoms with van der Waals surface area (Å²) in [5.74, 6) is 3.56. The molecule has 0 spiro atoms. The first-order valence-electron chi connectivity index (χ1n) is 6.40. The van der Waals surface area contributed by atoms with Gasteiger partial charge in [0.25, 0.3) is 0 Å². The Labute approximate surface area is 128 Å². The van der Waals surface area contributed by atoms with Crippen LogP contribution in [0.4, 0.5) is 4.79 Å². The van der Waals surface area contributed by atoms with E-state index in [1.165, 1.54) is 16.7 Å². The molecule has 7 heteroatoms. The molecule has 5 nitrogen and oxygen atoms in total. The van der Waals surface area contributed by atoms with E-state index in [9.17, 15) is 14.7 Å². The summed E-state index contributed by atoms with van der Waals surface area (Å²) >= 11 is 3.08. The van der Waals surface area contributed by atoms with Crippen LogP contribution in [-0.2, 0) is 4.79 Å². The Hall–Kier alpha value is -1.00. The Balaban J connectivity index is 2.56. The number of hydrogen-bond acceptors (Lipinski definition) is 4. The van der Waals surface area contributed by atoms with E-state index >= 15 is 0 Å². The van der Waals surface area contributed by atoms with E-state index in [2.05, 4.69) is 11.2 Å². The van der Waals surface area contributed by atoms with E-state index in [4.69, 9.17) is 6.42 Å². The van der Waals surface area contributed by atoms with Crippen LogP contribution in [0.25, 0.3) is 0 Å². The van der Waals surface area contributed by atoms with Gasteiger partial charge in [0, 0.05) is 18.1 Å². The normalized spacial score (nSPS) is 21.8. The van der Waals surface area contributed by atoms with Gasteiger partial charge in [0.2, 0.25) is 0 Å². The van der Waals surface area contributed by atoms with Gasteiger partial charge in [0.1, 0.15) is 6.04 Å². The van der Waals surface area contributed by atoms with E-state index in [1.807, 2.05) is 13.8 Å². The Morgan fingerprint density at radius 3 is 2.85 bits per heavy atom. The van der Waals surface area contributed by atoms with Crippen molar-refractivity contribution in [3.05, 3.63) is 0 Å². The molecule has 0 aliphatic carbocycles. The quantitative estimate of drug-likeness (QED) is 0.575. The van der Waals surface area contributed by atoms with Crippen LogP contribution in [0.1, 0.15) is 13.8 Å². The fourth-order valence-corrected chi connectivity index (χ4v) is 3.92. The number of thioether (sulfide) groups is 2. The molecule has 1 aliphatic rings.